The molecule has 0 saturated heterocycles. The maximum Gasteiger partial charge on any atom is 0.270 e. The van der Waals surface area contributed by atoms with Crippen molar-refractivity contribution in [1.29, 1.82) is 5.26 Å². The van der Waals surface area contributed by atoms with Gasteiger partial charge < -0.3 is 0 Å². The second-order valence-electron chi connectivity index (χ2n) is 2.10. The molecule has 0 aliphatic carbocycles. The number of nitriles is 1. The standard InChI is InChI=1S/C7H4Cl2N2O/c8-5-3-6(9)7(12)11(4-5)2-1-10/h3-4H,2H2. The first-order chi connectivity index (χ1) is 5.65. The molecule has 0 unspecified atom stereocenters. The second-order valence-corrected chi connectivity index (χ2v) is 2.94. The first kappa shape index (κ1) is 9.11. The lowest BCUT2D eigenvalue weighted by atomic mass is 10.4. The molecule has 5 heteroatoms. The quantitative estimate of drug-likeness (QED) is 0.696. The molecule has 1 heterocycles. The molecular weight excluding hydrogens is 199 g/mol. The molecule has 1 aromatic rings. The van der Waals surface area contributed by atoms with E-state index < -0.39 is 5.56 Å². The molecule has 0 aliphatic rings. The molecule has 1 aromatic heterocycles. The highest BCUT2D eigenvalue weighted by atomic mass is 35.5. The van der Waals surface area contributed by atoms with Crippen molar-refractivity contribution in [2.45, 2.75) is 6.54 Å². The van der Waals surface area contributed by atoms with Gasteiger partial charge in [-0.15, -0.1) is 0 Å². The summed E-state index contributed by atoms with van der Waals surface area (Å²) in [5.74, 6) is 0. The molecule has 0 radical (unpaired) electrons. The van der Waals surface area contributed by atoms with Gasteiger partial charge in [-0.1, -0.05) is 23.2 Å². The van der Waals surface area contributed by atoms with Gasteiger partial charge >= 0.3 is 0 Å². The molecule has 0 aromatic carbocycles. The molecule has 0 saturated carbocycles. The summed E-state index contributed by atoms with van der Waals surface area (Å²) in [6, 6.07) is 3.17. The topological polar surface area (TPSA) is 45.8 Å². The zero-order valence-corrected chi connectivity index (χ0v) is 7.43. The summed E-state index contributed by atoms with van der Waals surface area (Å²) >= 11 is 11.1. The third kappa shape index (κ3) is 1.79. The van der Waals surface area contributed by atoms with Gasteiger partial charge in [0.2, 0.25) is 0 Å². The van der Waals surface area contributed by atoms with E-state index in [0.29, 0.717) is 5.02 Å². The molecule has 0 aliphatic heterocycles. The van der Waals surface area contributed by atoms with E-state index in [-0.39, 0.29) is 11.6 Å². The van der Waals surface area contributed by atoms with Gasteiger partial charge in [0.05, 0.1) is 11.1 Å². The van der Waals surface area contributed by atoms with Crippen LogP contribution in [0.15, 0.2) is 17.1 Å². The monoisotopic (exact) mass is 202 g/mol. The summed E-state index contributed by atoms with van der Waals surface area (Å²) in [5.41, 5.74) is -0.400. The first-order valence-corrected chi connectivity index (χ1v) is 3.83. The summed E-state index contributed by atoms with van der Waals surface area (Å²) < 4.78 is 1.16. The van der Waals surface area contributed by atoms with E-state index in [4.69, 9.17) is 28.5 Å². The normalized spacial score (nSPS) is 9.42. The molecule has 0 N–H and O–H groups in total. The molecular formula is C7H4Cl2N2O. The number of aromatic nitrogens is 1. The fourth-order valence-electron chi connectivity index (χ4n) is 0.758. The summed E-state index contributed by atoms with van der Waals surface area (Å²) in [6.45, 7) is -0.0425. The molecule has 0 bridgehead atoms. The van der Waals surface area contributed by atoms with Crippen LogP contribution in [-0.4, -0.2) is 4.57 Å². The number of nitrogens with zero attached hydrogens (tertiary/aromatic N) is 2. The Balaban J connectivity index is 3.30. The Morgan fingerprint density at radius 2 is 2.25 bits per heavy atom. The molecule has 1 rings (SSSR count). The first-order valence-electron chi connectivity index (χ1n) is 3.07. The highest BCUT2D eigenvalue weighted by molar-refractivity contribution is 6.34. The SMILES string of the molecule is N#CCn1cc(Cl)cc(Cl)c1=O. The van der Waals surface area contributed by atoms with E-state index >= 15 is 0 Å². The minimum Gasteiger partial charge on any atom is -0.299 e. The Morgan fingerprint density at radius 3 is 2.83 bits per heavy atom. The van der Waals surface area contributed by atoms with E-state index in [1.165, 1.54) is 12.3 Å². The Morgan fingerprint density at radius 1 is 1.58 bits per heavy atom. The number of halogens is 2. The van der Waals surface area contributed by atoms with E-state index in [1.807, 2.05) is 6.07 Å². The van der Waals surface area contributed by atoms with Crippen LogP contribution in [0.3, 0.4) is 0 Å². The maximum absolute atomic E-state index is 11.1. The van der Waals surface area contributed by atoms with Gasteiger partial charge in [-0.25, -0.2) is 0 Å². The molecule has 3 nitrogen and oxygen atoms in total. The van der Waals surface area contributed by atoms with E-state index in [9.17, 15) is 4.79 Å². The van der Waals surface area contributed by atoms with Crippen molar-refractivity contribution >= 4 is 23.2 Å². The fraction of sp³-hybridized carbons (Fsp3) is 0.143. The number of hydrogen-bond donors (Lipinski definition) is 0. The number of pyridine rings is 1. The summed E-state index contributed by atoms with van der Waals surface area (Å²) in [7, 11) is 0. The third-order valence-electron chi connectivity index (χ3n) is 1.25. The van der Waals surface area contributed by atoms with Crippen molar-refractivity contribution in [3.8, 4) is 6.07 Å². The zero-order valence-electron chi connectivity index (χ0n) is 5.92. The Bertz CT molecular complexity index is 391. The minimum absolute atomic E-state index is 0.0257. The Kier molecular flexibility index (Phi) is 2.74. The average molecular weight is 203 g/mol. The molecule has 0 fully saturated rings. The average Bonchev–Trinajstić information content (AvgIpc) is 2.00. The Hall–Kier alpha value is -0.980. The van der Waals surface area contributed by atoms with Gasteiger partial charge in [-0.2, -0.15) is 5.26 Å². The van der Waals surface area contributed by atoms with Crippen LogP contribution in [0.25, 0.3) is 0 Å². The predicted octanol–water partition coefficient (Wildman–Crippen LogP) is 1.68. The Labute approximate surface area is 78.8 Å². The van der Waals surface area contributed by atoms with Crippen LogP contribution in [0.5, 0.6) is 0 Å². The summed E-state index contributed by atoms with van der Waals surface area (Å²) in [5, 5.41) is 8.70. The van der Waals surface area contributed by atoms with Crippen molar-refractivity contribution in [2.24, 2.45) is 0 Å². The second kappa shape index (κ2) is 3.61. The lowest BCUT2D eigenvalue weighted by Gasteiger charge is -2.00. The largest absolute Gasteiger partial charge is 0.299 e. The van der Waals surface area contributed by atoms with Crippen molar-refractivity contribution in [3.63, 3.8) is 0 Å². The molecule has 0 amide bonds. The zero-order chi connectivity index (χ0) is 9.14. The summed E-state index contributed by atoms with van der Waals surface area (Å²) in [4.78, 5) is 11.1. The molecule has 62 valence electrons. The van der Waals surface area contributed by atoms with Crippen molar-refractivity contribution in [1.82, 2.24) is 4.57 Å². The number of hydrogen-bond acceptors (Lipinski definition) is 2. The highest BCUT2D eigenvalue weighted by Crippen LogP contribution is 2.10. The highest BCUT2D eigenvalue weighted by Gasteiger charge is 2.01. The smallest absolute Gasteiger partial charge is 0.270 e. The maximum atomic E-state index is 11.1. The van der Waals surface area contributed by atoms with Gasteiger partial charge in [0.1, 0.15) is 11.6 Å². The lowest BCUT2D eigenvalue weighted by molar-refractivity contribution is 0.789. The van der Waals surface area contributed by atoms with Gasteiger partial charge in [-0.05, 0) is 6.07 Å². The van der Waals surface area contributed by atoms with Crippen molar-refractivity contribution in [3.05, 3.63) is 32.7 Å². The minimum atomic E-state index is -0.400. The molecule has 12 heavy (non-hydrogen) atoms. The van der Waals surface area contributed by atoms with Gasteiger partial charge in [0.15, 0.2) is 0 Å². The van der Waals surface area contributed by atoms with Crippen LogP contribution in [0.2, 0.25) is 10.0 Å². The lowest BCUT2D eigenvalue weighted by Crippen LogP contribution is -2.18. The summed E-state index contributed by atoms with van der Waals surface area (Å²) in [6.07, 6.45) is 1.37. The predicted molar refractivity (Wildman–Crippen MR) is 46.3 cm³/mol. The van der Waals surface area contributed by atoms with Gasteiger partial charge in [-0.3, -0.25) is 9.36 Å². The third-order valence-corrected chi connectivity index (χ3v) is 1.73. The molecule has 0 atom stereocenters. The van der Waals surface area contributed by atoms with Gasteiger partial charge in [0, 0.05) is 6.20 Å². The fourth-order valence-corrected chi connectivity index (χ4v) is 1.27. The van der Waals surface area contributed by atoms with E-state index in [2.05, 4.69) is 0 Å². The van der Waals surface area contributed by atoms with Crippen LogP contribution in [-0.2, 0) is 6.54 Å². The van der Waals surface area contributed by atoms with E-state index in [1.54, 1.807) is 0 Å². The van der Waals surface area contributed by atoms with Crippen LogP contribution >= 0.6 is 23.2 Å². The van der Waals surface area contributed by atoms with Crippen LogP contribution in [0.4, 0.5) is 0 Å². The van der Waals surface area contributed by atoms with Crippen molar-refractivity contribution in [2.75, 3.05) is 0 Å². The van der Waals surface area contributed by atoms with Crippen LogP contribution in [0, 0.1) is 11.3 Å². The van der Waals surface area contributed by atoms with Crippen molar-refractivity contribution < 1.29 is 0 Å². The van der Waals surface area contributed by atoms with E-state index in [0.717, 1.165) is 4.57 Å². The van der Waals surface area contributed by atoms with Crippen LogP contribution < -0.4 is 5.56 Å². The van der Waals surface area contributed by atoms with Gasteiger partial charge in [0.25, 0.3) is 5.56 Å². The number of rotatable bonds is 1. The van der Waals surface area contributed by atoms with Crippen LogP contribution in [0.1, 0.15) is 0 Å². The molecule has 0 spiro atoms.